The van der Waals surface area contributed by atoms with Gasteiger partial charge in [0.05, 0.1) is 4.92 Å². The van der Waals surface area contributed by atoms with Gasteiger partial charge in [0.15, 0.2) is 0 Å². The quantitative estimate of drug-likeness (QED) is 0.341. The Balaban J connectivity index is 2.36. The molecule has 0 amide bonds. The summed E-state index contributed by atoms with van der Waals surface area (Å²) in [6.45, 7) is 0. The number of nitro groups is 1. The van der Waals surface area contributed by atoms with Crippen LogP contribution in [0.3, 0.4) is 0 Å². The second kappa shape index (κ2) is 5.68. The minimum absolute atomic E-state index is 0.192. The van der Waals surface area contributed by atoms with Crippen molar-refractivity contribution in [3.05, 3.63) is 39.4 Å². The fourth-order valence-corrected chi connectivity index (χ4v) is 2.73. The van der Waals surface area contributed by atoms with Crippen molar-refractivity contribution in [2.24, 2.45) is 0 Å². The first-order chi connectivity index (χ1) is 8.72. The Morgan fingerprint density at radius 1 is 1.22 bits per heavy atom. The normalized spacial score (nSPS) is 16.8. The van der Waals surface area contributed by atoms with E-state index in [0.717, 1.165) is 18.4 Å². The maximum atomic E-state index is 11.2. The molecule has 2 rings (SSSR count). The molecule has 0 atom stereocenters. The monoisotopic (exact) mass is 243 g/mol. The van der Waals surface area contributed by atoms with Gasteiger partial charge in [-0.2, -0.15) is 0 Å². The lowest BCUT2D eigenvalue weighted by molar-refractivity contribution is -0.385. The first kappa shape index (κ1) is 12.6. The molecule has 0 unspecified atom stereocenters. The first-order valence-corrected chi connectivity index (χ1v) is 6.47. The zero-order chi connectivity index (χ0) is 13.0. The van der Waals surface area contributed by atoms with Gasteiger partial charge >= 0.3 is 0 Å². The van der Waals surface area contributed by atoms with Crippen LogP contribution in [0.5, 0.6) is 0 Å². The van der Waals surface area contributed by atoms with Crippen molar-refractivity contribution in [2.75, 3.05) is 0 Å². The standard InChI is InChI=1S/C15H17NO2/c1-2-12-9-10-14(15(11-12)16(17)18)13-7-5-3-4-6-8-13/h1,9-11,13H,3-8H2. The minimum Gasteiger partial charge on any atom is -0.258 e. The van der Waals surface area contributed by atoms with Crippen molar-refractivity contribution in [3.8, 4) is 12.3 Å². The van der Waals surface area contributed by atoms with E-state index in [1.807, 2.05) is 12.1 Å². The van der Waals surface area contributed by atoms with Gasteiger partial charge in [-0.3, -0.25) is 10.1 Å². The predicted octanol–water partition coefficient (Wildman–Crippen LogP) is 4.01. The van der Waals surface area contributed by atoms with E-state index >= 15 is 0 Å². The number of hydrogen-bond acceptors (Lipinski definition) is 2. The fraction of sp³-hybridized carbons (Fsp3) is 0.467. The Bertz CT molecular complexity index is 480. The highest BCUT2D eigenvalue weighted by molar-refractivity contribution is 5.49. The van der Waals surface area contributed by atoms with Crippen LogP contribution in [0.15, 0.2) is 18.2 Å². The summed E-state index contributed by atoms with van der Waals surface area (Å²) in [5, 5.41) is 11.2. The SMILES string of the molecule is C#Cc1ccc(C2CCCCCC2)c([N+](=O)[O-])c1. The molecule has 0 bridgehead atoms. The van der Waals surface area contributed by atoms with Gasteiger partial charge < -0.3 is 0 Å². The molecule has 0 spiro atoms. The van der Waals surface area contributed by atoms with E-state index in [1.54, 1.807) is 0 Å². The number of nitrogens with zero attached hydrogens (tertiary/aromatic N) is 1. The van der Waals surface area contributed by atoms with Crippen LogP contribution < -0.4 is 0 Å². The number of terminal acetylenes is 1. The lowest BCUT2D eigenvalue weighted by atomic mass is 9.90. The van der Waals surface area contributed by atoms with Crippen LogP contribution in [0.2, 0.25) is 0 Å². The van der Waals surface area contributed by atoms with E-state index in [2.05, 4.69) is 5.92 Å². The molecule has 3 heteroatoms. The van der Waals surface area contributed by atoms with Crippen LogP contribution in [0, 0.1) is 22.5 Å². The lowest BCUT2D eigenvalue weighted by Gasteiger charge is -2.14. The van der Waals surface area contributed by atoms with Gasteiger partial charge in [0.25, 0.3) is 5.69 Å². The molecule has 94 valence electrons. The van der Waals surface area contributed by atoms with Crippen LogP contribution >= 0.6 is 0 Å². The molecule has 1 fully saturated rings. The Morgan fingerprint density at radius 2 is 1.89 bits per heavy atom. The third-order valence-corrected chi connectivity index (χ3v) is 3.69. The van der Waals surface area contributed by atoms with E-state index < -0.39 is 0 Å². The van der Waals surface area contributed by atoms with Crippen LogP contribution in [0.25, 0.3) is 0 Å². The molecular formula is C15H17NO2. The molecule has 0 aliphatic heterocycles. The van der Waals surface area contributed by atoms with E-state index in [0.29, 0.717) is 11.5 Å². The summed E-state index contributed by atoms with van der Waals surface area (Å²) >= 11 is 0. The highest BCUT2D eigenvalue weighted by atomic mass is 16.6. The van der Waals surface area contributed by atoms with Crippen molar-refractivity contribution >= 4 is 5.69 Å². The molecule has 0 heterocycles. The number of rotatable bonds is 2. The number of benzene rings is 1. The summed E-state index contributed by atoms with van der Waals surface area (Å²) < 4.78 is 0. The van der Waals surface area contributed by atoms with Gasteiger partial charge in [0, 0.05) is 17.2 Å². The minimum atomic E-state index is -0.304. The van der Waals surface area contributed by atoms with Crippen molar-refractivity contribution in [3.63, 3.8) is 0 Å². The van der Waals surface area contributed by atoms with E-state index in [9.17, 15) is 10.1 Å². The third kappa shape index (κ3) is 2.70. The van der Waals surface area contributed by atoms with E-state index in [4.69, 9.17) is 6.42 Å². The second-order valence-corrected chi connectivity index (χ2v) is 4.86. The average molecular weight is 243 g/mol. The number of nitro benzene ring substituents is 1. The number of hydrogen-bond donors (Lipinski definition) is 0. The molecule has 1 aliphatic carbocycles. The summed E-state index contributed by atoms with van der Waals surface area (Å²) in [5.74, 6) is 2.78. The van der Waals surface area contributed by atoms with Gasteiger partial charge in [-0.25, -0.2) is 0 Å². The van der Waals surface area contributed by atoms with Crippen molar-refractivity contribution < 1.29 is 4.92 Å². The smallest absolute Gasteiger partial charge is 0.258 e. The lowest BCUT2D eigenvalue weighted by Crippen LogP contribution is -2.03. The molecule has 1 aromatic carbocycles. The molecule has 0 saturated heterocycles. The summed E-state index contributed by atoms with van der Waals surface area (Å²) in [6.07, 6.45) is 12.2. The molecule has 0 N–H and O–H groups in total. The second-order valence-electron chi connectivity index (χ2n) is 4.86. The van der Waals surface area contributed by atoms with Gasteiger partial charge in [0.1, 0.15) is 0 Å². The van der Waals surface area contributed by atoms with Gasteiger partial charge in [-0.15, -0.1) is 6.42 Å². The molecule has 18 heavy (non-hydrogen) atoms. The van der Waals surface area contributed by atoms with Crippen molar-refractivity contribution in [1.82, 2.24) is 0 Å². The zero-order valence-electron chi connectivity index (χ0n) is 10.4. The summed E-state index contributed by atoms with van der Waals surface area (Å²) in [5.41, 5.74) is 1.64. The van der Waals surface area contributed by atoms with Gasteiger partial charge in [-0.1, -0.05) is 37.7 Å². The van der Waals surface area contributed by atoms with Crippen LogP contribution in [-0.2, 0) is 0 Å². The van der Waals surface area contributed by atoms with Gasteiger partial charge in [-0.05, 0) is 24.8 Å². The Kier molecular flexibility index (Phi) is 3.99. The molecule has 1 aromatic rings. The third-order valence-electron chi connectivity index (χ3n) is 3.69. The Hall–Kier alpha value is -1.82. The molecule has 0 radical (unpaired) electrons. The van der Waals surface area contributed by atoms with Crippen LogP contribution in [0.4, 0.5) is 5.69 Å². The maximum Gasteiger partial charge on any atom is 0.274 e. The maximum absolute atomic E-state index is 11.2. The molecule has 1 saturated carbocycles. The van der Waals surface area contributed by atoms with Crippen molar-refractivity contribution in [1.29, 1.82) is 0 Å². The highest BCUT2D eigenvalue weighted by Crippen LogP contribution is 2.36. The van der Waals surface area contributed by atoms with E-state index in [-0.39, 0.29) is 10.6 Å². The zero-order valence-corrected chi connectivity index (χ0v) is 10.4. The molecule has 3 nitrogen and oxygen atoms in total. The summed E-state index contributed by atoms with van der Waals surface area (Å²) in [4.78, 5) is 10.9. The largest absolute Gasteiger partial charge is 0.274 e. The summed E-state index contributed by atoms with van der Waals surface area (Å²) in [7, 11) is 0. The van der Waals surface area contributed by atoms with Crippen LogP contribution in [-0.4, -0.2) is 4.92 Å². The van der Waals surface area contributed by atoms with Gasteiger partial charge in [0.2, 0.25) is 0 Å². The Labute approximate surface area is 107 Å². The topological polar surface area (TPSA) is 43.1 Å². The van der Waals surface area contributed by atoms with Crippen molar-refractivity contribution in [2.45, 2.75) is 44.4 Å². The Morgan fingerprint density at radius 3 is 2.44 bits per heavy atom. The molecule has 1 aliphatic rings. The summed E-state index contributed by atoms with van der Waals surface area (Å²) in [6, 6.07) is 5.19. The van der Waals surface area contributed by atoms with Crippen LogP contribution in [0.1, 0.15) is 55.6 Å². The first-order valence-electron chi connectivity index (χ1n) is 6.47. The van der Waals surface area contributed by atoms with E-state index in [1.165, 1.54) is 31.7 Å². The average Bonchev–Trinajstić information content (AvgIpc) is 2.66. The highest BCUT2D eigenvalue weighted by Gasteiger charge is 2.23. The fourth-order valence-electron chi connectivity index (χ4n) is 2.73. The molecule has 0 aromatic heterocycles. The predicted molar refractivity (Wildman–Crippen MR) is 71.5 cm³/mol. The molecular weight excluding hydrogens is 226 g/mol.